The molecule has 0 amide bonds. The van der Waals surface area contributed by atoms with Crippen LogP contribution in [0.5, 0.6) is 0 Å². The molecular formula is C17H16ClNO2. The van der Waals surface area contributed by atoms with Crippen molar-refractivity contribution >= 4 is 23.3 Å². The molecule has 4 heteroatoms. The van der Waals surface area contributed by atoms with Crippen molar-refractivity contribution in [2.24, 2.45) is 0 Å². The molecule has 0 aliphatic carbocycles. The summed E-state index contributed by atoms with van der Waals surface area (Å²) >= 11 is 5.91. The molecule has 3 nitrogen and oxygen atoms in total. The minimum atomic E-state index is -0.747. The number of para-hydroxylation sites is 1. The molecule has 1 atom stereocenters. The van der Waals surface area contributed by atoms with Gasteiger partial charge in [0.15, 0.2) is 0 Å². The molecule has 1 unspecified atom stereocenters. The third-order valence-electron chi connectivity index (χ3n) is 3.87. The average molecular weight is 302 g/mol. The van der Waals surface area contributed by atoms with E-state index < -0.39 is 5.97 Å². The summed E-state index contributed by atoms with van der Waals surface area (Å²) in [6.07, 6.45) is 0.175. The highest BCUT2D eigenvalue weighted by atomic mass is 35.5. The molecule has 0 spiro atoms. The van der Waals surface area contributed by atoms with Gasteiger partial charge < -0.3 is 10.0 Å². The Balaban J connectivity index is 1.83. The largest absolute Gasteiger partial charge is 0.481 e. The van der Waals surface area contributed by atoms with Gasteiger partial charge in [0.25, 0.3) is 0 Å². The van der Waals surface area contributed by atoms with Crippen molar-refractivity contribution in [1.29, 1.82) is 0 Å². The highest BCUT2D eigenvalue weighted by Crippen LogP contribution is 2.38. The van der Waals surface area contributed by atoms with Crippen molar-refractivity contribution in [2.75, 3.05) is 11.4 Å². The quantitative estimate of drug-likeness (QED) is 0.930. The van der Waals surface area contributed by atoms with Gasteiger partial charge in [-0.15, -0.1) is 0 Å². The van der Waals surface area contributed by atoms with Gasteiger partial charge in [0.05, 0.1) is 6.42 Å². The van der Waals surface area contributed by atoms with Crippen molar-refractivity contribution in [3.63, 3.8) is 0 Å². The van der Waals surface area contributed by atoms with Gasteiger partial charge in [-0.1, -0.05) is 41.9 Å². The summed E-state index contributed by atoms with van der Waals surface area (Å²) < 4.78 is 0. The van der Waals surface area contributed by atoms with Gasteiger partial charge in [-0.2, -0.15) is 0 Å². The van der Waals surface area contributed by atoms with E-state index in [9.17, 15) is 4.79 Å². The number of carboxylic acid groups (broad SMARTS) is 1. The molecule has 0 fully saturated rings. The van der Waals surface area contributed by atoms with Crippen molar-refractivity contribution in [2.45, 2.75) is 18.9 Å². The van der Waals surface area contributed by atoms with Gasteiger partial charge in [0.1, 0.15) is 0 Å². The summed E-state index contributed by atoms with van der Waals surface area (Å²) in [5.74, 6) is -0.686. The minimum Gasteiger partial charge on any atom is -0.481 e. The van der Waals surface area contributed by atoms with Crippen LogP contribution in [0.4, 0.5) is 5.69 Å². The molecule has 108 valence electrons. The molecule has 0 saturated carbocycles. The fourth-order valence-corrected chi connectivity index (χ4v) is 3.05. The lowest BCUT2D eigenvalue weighted by Gasteiger charge is -2.20. The summed E-state index contributed by atoms with van der Waals surface area (Å²) in [5.41, 5.74) is 3.44. The Bertz CT molecular complexity index is 654. The second-order valence-electron chi connectivity index (χ2n) is 5.36. The SMILES string of the molecule is O=C(O)CC1CN(Cc2ccc(Cl)cc2)c2ccccc21. The van der Waals surface area contributed by atoms with Gasteiger partial charge in [-0.3, -0.25) is 4.79 Å². The first-order chi connectivity index (χ1) is 10.1. The van der Waals surface area contributed by atoms with E-state index in [0.717, 1.165) is 29.4 Å². The van der Waals surface area contributed by atoms with E-state index in [4.69, 9.17) is 16.7 Å². The van der Waals surface area contributed by atoms with E-state index in [2.05, 4.69) is 11.0 Å². The molecule has 21 heavy (non-hydrogen) atoms. The predicted octanol–water partition coefficient (Wildman–Crippen LogP) is 3.92. The van der Waals surface area contributed by atoms with E-state index in [-0.39, 0.29) is 12.3 Å². The van der Waals surface area contributed by atoms with Crippen LogP contribution in [0.3, 0.4) is 0 Å². The van der Waals surface area contributed by atoms with Crippen LogP contribution >= 0.6 is 11.6 Å². The number of hydrogen-bond acceptors (Lipinski definition) is 2. The molecule has 0 aromatic heterocycles. The van der Waals surface area contributed by atoms with Crippen molar-refractivity contribution in [3.8, 4) is 0 Å². The number of aliphatic carboxylic acids is 1. The number of nitrogens with zero attached hydrogens (tertiary/aromatic N) is 1. The van der Waals surface area contributed by atoms with Gasteiger partial charge in [-0.25, -0.2) is 0 Å². The molecule has 1 heterocycles. The van der Waals surface area contributed by atoms with Crippen molar-refractivity contribution in [1.82, 2.24) is 0 Å². The number of carbonyl (C=O) groups is 1. The normalized spacial score (nSPS) is 16.8. The Kier molecular flexibility index (Phi) is 3.84. The van der Waals surface area contributed by atoms with E-state index in [0.29, 0.717) is 0 Å². The van der Waals surface area contributed by atoms with Crippen LogP contribution in [0.25, 0.3) is 0 Å². The summed E-state index contributed by atoms with van der Waals surface area (Å²) in [6.45, 7) is 1.51. The van der Waals surface area contributed by atoms with Crippen molar-refractivity contribution in [3.05, 3.63) is 64.7 Å². The van der Waals surface area contributed by atoms with Gasteiger partial charge in [-0.05, 0) is 29.3 Å². The number of hydrogen-bond donors (Lipinski definition) is 1. The fraction of sp³-hybridized carbons (Fsp3) is 0.235. The number of rotatable bonds is 4. The topological polar surface area (TPSA) is 40.5 Å². The van der Waals surface area contributed by atoms with Crippen LogP contribution in [0.1, 0.15) is 23.5 Å². The van der Waals surface area contributed by atoms with Gasteiger partial charge in [0, 0.05) is 29.7 Å². The minimum absolute atomic E-state index is 0.0611. The molecular weight excluding hydrogens is 286 g/mol. The Morgan fingerprint density at radius 2 is 1.90 bits per heavy atom. The first-order valence-corrected chi connectivity index (χ1v) is 7.31. The number of anilines is 1. The third-order valence-corrected chi connectivity index (χ3v) is 4.12. The maximum Gasteiger partial charge on any atom is 0.304 e. The molecule has 0 saturated heterocycles. The first-order valence-electron chi connectivity index (χ1n) is 6.93. The van der Waals surface area contributed by atoms with Crippen LogP contribution < -0.4 is 4.90 Å². The van der Waals surface area contributed by atoms with Gasteiger partial charge >= 0.3 is 5.97 Å². The molecule has 0 bridgehead atoms. The molecule has 2 aromatic rings. The van der Waals surface area contributed by atoms with E-state index in [1.54, 1.807) is 0 Å². The molecule has 1 aliphatic rings. The van der Waals surface area contributed by atoms with Gasteiger partial charge in [0.2, 0.25) is 0 Å². The summed E-state index contributed by atoms with van der Waals surface area (Å²) in [7, 11) is 0. The monoisotopic (exact) mass is 301 g/mol. The molecule has 2 aromatic carbocycles. The standard InChI is InChI=1S/C17H16ClNO2/c18-14-7-5-12(6-8-14)10-19-11-13(9-17(20)21)15-3-1-2-4-16(15)19/h1-8,13H,9-11H2,(H,20,21). The maximum absolute atomic E-state index is 11.0. The Labute approximate surface area is 128 Å². The summed E-state index contributed by atoms with van der Waals surface area (Å²) in [5, 5.41) is 9.80. The first kappa shape index (κ1) is 14.0. The van der Waals surface area contributed by atoms with Crippen LogP contribution in [-0.4, -0.2) is 17.6 Å². The smallest absolute Gasteiger partial charge is 0.304 e. The van der Waals surface area contributed by atoms with Crippen LogP contribution in [0, 0.1) is 0 Å². The summed E-state index contributed by atoms with van der Waals surface area (Å²) in [6, 6.07) is 15.8. The summed E-state index contributed by atoms with van der Waals surface area (Å²) in [4.78, 5) is 13.3. The lowest BCUT2D eigenvalue weighted by molar-refractivity contribution is -0.137. The second kappa shape index (κ2) is 5.78. The number of benzene rings is 2. The lowest BCUT2D eigenvalue weighted by Crippen LogP contribution is -2.22. The van der Waals surface area contributed by atoms with E-state index in [1.807, 2.05) is 42.5 Å². The second-order valence-corrected chi connectivity index (χ2v) is 5.80. The molecule has 0 radical (unpaired) electrons. The van der Waals surface area contributed by atoms with Crippen molar-refractivity contribution < 1.29 is 9.90 Å². The zero-order valence-electron chi connectivity index (χ0n) is 11.5. The molecule has 1 N–H and O–H groups in total. The number of carboxylic acids is 1. The Morgan fingerprint density at radius 1 is 1.19 bits per heavy atom. The zero-order valence-corrected chi connectivity index (χ0v) is 12.3. The third kappa shape index (κ3) is 3.03. The van der Waals surface area contributed by atoms with Crippen LogP contribution in [-0.2, 0) is 11.3 Å². The Morgan fingerprint density at radius 3 is 2.62 bits per heavy atom. The van der Waals surface area contributed by atoms with E-state index >= 15 is 0 Å². The number of halogens is 1. The fourth-order valence-electron chi connectivity index (χ4n) is 2.93. The highest BCUT2D eigenvalue weighted by Gasteiger charge is 2.29. The number of fused-ring (bicyclic) bond motifs is 1. The predicted molar refractivity (Wildman–Crippen MR) is 83.9 cm³/mol. The zero-order chi connectivity index (χ0) is 14.8. The molecule has 3 rings (SSSR count). The lowest BCUT2D eigenvalue weighted by atomic mass is 9.98. The average Bonchev–Trinajstić information content (AvgIpc) is 2.79. The van der Waals surface area contributed by atoms with E-state index in [1.165, 1.54) is 5.56 Å². The van der Waals surface area contributed by atoms with Crippen LogP contribution in [0.15, 0.2) is 48.5 Å². The van der Waals surface area contributed by atoms with Crippen LogP contribution in [0.2, 0.25) is 5.02 Å². The highest BCUT2D eigenvalue weighted by molar-refractivity contribution is 6.30. The maximum atomic E-state index is 11.0. The Hall–Kier alpha value is -2.00. The molecule has 1 aliphatic heterocycles.